The van der Waals surface area contributed by atoms with E-state index >= 15 is 0 Å². The van der Waals surface area contributed by atoms with Gasteiger partial charge in [0.15, 0.2) is 0 Å². The Bertz CT molecular complexity index is 407. The Kier molecular flexibility index (Phi) is 7.90. The highest BCUT2D eigenvalue weighted by Gasteiger charge is 2.15. The molecule has 1 N–H and O–H groups in total. The average Bonchev–Trinajstić information content (AvgIpc) is 2.41. The first-order valence-electron chi connectivity index (χ1n) is 7.25. The molecule has 1 aromatic carbocycles. The van der Waals surface area contributed by atoms with E-state index in [2.05, 4.69) is 31.1 Å². The molecule has 20 heavy (non-hydrogen) atoms. The van der Waals surface area contributed by atoms with Crippen molar-refractivity contribution >= 4 is 23.2 Å². The quantitative estimate of drug-likeness (QED) is 0.752. The van der Waals surface area contributed by atoms with Crippen LogP contribution in [0.5, 0.6) is 0 Å². The monoisotopic (exact) mass is 316 g/mol. The van der Waals surface area contributed by atoms with Gasteiger partial charge in [0.2, 0.25) is 0 Å². The van der Waals surface area contributed by atoms with Crippen LogP contribution in [0.1, 0.15) is 38.3 Å². The van der Waals surface area contributed by atoms with Gasteiger partial charge in [-0.1, -0.05) is 49.2 Å². The van der Waals surface area contributed by atoms with Crippen LogP contribution in [0.3, 0.4) is 0 Å². The van der Waals surface area contributed by atoms with Crippen LogP contribution in [0.15, 0.2) is 18.2 Å². The second-order valence-corrected chi connectivity index (χ2v) is 6.54. The molecule has 0 saturated heterocycles. The molecule has 0 aliphatic rings. The first-order chi connectivity index (χ1) is 9.45. The van der Waals surface area contributed by atoms with E-state index in [9.17, 15) is 0 Å². The van der Waals surface area contributed by atoms with Gasteiger partial charge in [0, 0.05) is 6.04 Å². The van der Waals surface area contributed by atoms with Crippen molar-refractivity contribution in [3.05, 3.63) is 33.8 Å². The smallest absolute Gasteiger partial charge is 0.0640 e. The largest absolute Gasteiger partial charge is 0.313 e. The summed E-state index contributed by atoms with van der Waals surface area (Å²) in [5.74, 6) is 0.750. The third kappa shape index (κ3) is 5.61. The fraction of sp³-hybridized carbons (Fsp3) is 0.625. The molecule has 0 amide bonds. The van der Waals surface area contributed by atoms with Crippen LogP contribution in [-0.2, 0) is 0 Å². The van der Waals surface area contributed by atoms with Crippen LogP contribution in [0.2, 0.25) is 10.0 Å². The van der Waals surface area contributed by atoms with Crippen LogP contribution in [-0.4, -0.2) is 32.1 Å². The number of benzene rings is 1. The van der Waals surface area contributed by atoms with Gasteiger partial charge in [0.1, 0.15) is 0 Å². The summed E-state index contributed by atoms with van der Waals surface area (Å²) in [6.07, 6.45) is 2.25. The van der Waals surface area contributed by atoms with E-state index in [1.54, 1.807) is 0 Å². The van der Waals surface area contributed by atoms with Crippen molar-refractivity contribution in [3.8, 4) is 0 Å². The summed E-state index contributed by atoms with van der Waals surface area (Å²) in [5.41, 5.74) is 1.08. The minimum Gasteiger partial charge on any atom is -0.313 e. The number of rotatable bonds is 8. The van der Waals surface area contributed by atoms with Crippen LogP contribution in [0, 0.1) is 5.92 Å². The van der Waals surface area contributed by atoms with Gasteiger partial charge in [-0.05, 0) is 57.6 Å². The summed E-state index contributed by atoms with van der Waals surface area (Å²) < 4.78 is 0. The molecule has 0 bridgehead atoms. The van der Waals surface area contributed by atoms with Crippen molar-refractivity contribution in [3.63, 3.8) is 0 Å². The molecule has 0 spiro atoms. The van der Waals surface area contributed by atoms with E-state index < -0.39 is 0 Å². The maximum atomic E-state index is 6.30. The second kappa shape index (κ2) is 8.89. The van der Waals surface area contributed by atoms with E-state index in [1.807, 2.05) is 25.2 Å². The number of nitrogens with zero attached hydrogens (tertiary/aromatic N) is 1. The topological polar surface area (TPSA) is 15.3 Å². The minimum atomic E-state index is 0.239. The van der Waals surface area contributed by atoms with Crippen LogP contribution < -0.4 is 5.32 Å². The highest BCUT2D eigenvalue weighted by atomic mass is 35.5. The Morgan fingerprint density at radius 3 is 2.40 bits per heavy atom. The molecule has 114 valence electrons. The van der Waals surface area contributed by atoms with E-state index in [0.717, 1.165) is 31.0 Å². The fourth-order valence-electron chi connectivity index (χ4n) is 2.18. The highest BCUT2D eigenvalue weighted by Crippen LogP contribution is 2.31. The second-order valence-electron chi connectivity index (χ2n) is 5.76. The Balaban J connectivity index is 2.57. The van der Waals surface area contributed by atoms with Gasteiger partial charge in [-0.2, -0.15) is 0 Å². The van der Waals surface area contributed by atoms with Gasteiger partial charge < -0.3 is 10.2 Å². The number of nitrogens with one attached hydrogen (secondary N) is 1. The summed E-state index contributed by atoms with van der Waals surface area (Å²) >= 11 is 12.4. The zero-order valence-electron chi connectivity index (χ0n) is 12.9. The SMILES string of the molecule is CNC(CCN(C)CCC(C)C)c1cccc(Cl)c1Cl. The highest BCUT2D eigenvalue weighted by molar-refractivity contribution is 6.42. The van der Waals surface area contributed by atoms with Gasteiger partial charge >= 0.3 is 0 Å². The predicted octanol–water partition coefficient (Wildman–Crippen LogP) is 4.62. The van der Waals surface area contributed by atoms with Crippen molar-refractivity contribution in [2.24, 2.45) is 5.92 Å². The third-order valence-corrected chi connectivity index (χ3v) is 4.43. The van der Waals surface area contributed by atoms with Crippen LogP contribution in [0.4, 0.5) is 0 Å². The fourth-order valence-corrected chi connectivity index (χ4v) is 2.62. The van der Waals surface area contributed by atoms with Crippen molar-refractivity contribution in [1.82, 2.24) is 10.2 Å². The number of hydrogen-bond acceptors (Lipinski definition) is 2. The van der Waals surface area contributed by atoms with E-state index in [0.29, 0.717) is 10.0 Å². The summed E-state index contributed by atoms with van der Waals surface area (Å²) in [6, 6.07) is 6.07. The molecule has 1 unspecified atom stereocenters. The third-order valence-electron chi connectivity index (χ3n) is 3.59. The van der Waals surface area contributed by atoms with Crippen molar-refractivity contribution in [2.45, 2.75) is 32.7 Å². The normalized spacial score (nSPS) is 13.2. The maximum absolute atomic E-state index is 6.30. The van der Waals surface area contributed by atoms with Crippen molar-refractivity contribution in [2.75, 3.05) is 27.2 Å². The number of halogens is 2. The molecule has 0 heterocycles. The molecule has 2 nitrogen and oxygen atoms in total. The van der Waals surface area contributed by atoms with Gasteiger partial charge in [0.25, 0.3) is 0 Å². The lowest BCUT2D eigenvalue weighted by Crippen LogP contribution is -2.27. The van der Waals surface area contributed by atoms with E-state index in [-0.39, 0.29) is 6.04 Å². The lowest BCUT2D eigenvalue weighted by Gasteiger charge is -2.23. The lowest BCUT2D eigenvalue weighted by atomic mass is 10.0. The van der Waals surface area contributed by atoms with Crippen LogP contribution in [0.25, 0.3) is 0 Å². The Hall–Kier alpha value is -0.280. The Labute approximate surface area is 133 Å². The molecule has 4 heteroatoms. The molecule has 0 aliphatic carbocycles. The van der Waals surface area contributed by atoms with E-state index in [1.165, 1.54) is 6.42 Å². The van der Waals surface area contributed by atoms with E-state index in [4.69, 9.17) is 23.2 Å². The maximum Gasteiger partial charge on any atom is 0.0640 e. The van der Waals surface area contributed by atoms with Gasteiger partial charge in [0.05, 0.1) is 10.0 Å². The molecule has 1 rings (SSSR count). The molecule has 0 aliphatic heterocycles. The average molecular weight is 317 g/mol. The summed E-state index contributed by atoms with van der Waals surface area (Å²) in [7, 11) is 4.14. The van der Waals surface area contributed by atoms with Gasteiger partial charge in [-0.15, -0.1) is 0 Å². The van der Waals surface area contributed by atoms with Crippen molar-refractivity contribution < 1.29 is 0 Å². The Morgan fingerprint density at radius 2 is 1.80 bits per heavy atom. The summed E-state index contributed by atoms with van der Waals surface area (Å²) in [5, 5.41) is 4.62. The molecule has 0 saturated carbocycles. The molecule has 1 aromatic rings. The summed E-state index contributed by atoms with van der Waals surface area (Å²) in [4.78, 5) is 2.38. The molecule has 0 radical (unpaired) electrons. The lowest BCUT2D eigenvalue weighted by molar-refractivity contribution is 0.292. The van der Waals surface area contributed by atoms with Crippen LogP contribution >= 0.6 is 23.2 Å². The standard InChI is InChI=1S/C16H26Cl2N2/c1-12(2)8-10-20(4)11-9-15(19-3)13-6-5-7-14(17)16(13)18/h5-7,12,15,19H,8-11H2,1-4H3. The minimum absolute atomic E-state index is 0.239. The molecular weight excluding hydrogens is 291 g/mol. The molecule has 0 fully saturated rings. The molecular formula is C16H26Cl2N2. The number of hydrogen-bond donors (Lipinski definition) is 1. The molecule has 1 atom stereocenters. The first kappa shape index (κ1) is 17.8. The summed E-state index contributed by atoms with van der Waals surface area (Å²) in [6.45, 7) is 6.70. The zero-order chi connectivity index (χ0) is 15.1. The molecule has 0 aromatic heterocycles. The van der Waals surface area contributed by atoms with Gasteiger partial charge in [-0.3, -0.25) is 0 Å². The van der Waals surface area contributed by atoms with Gasteiger partial charge in [-0.25, -0.2) is 0 Å². The predicted molar refractivity (Wildman–Crippen MR) is 89.8 cm³/mol. The first-order valence-corrected chi connectivity index (χ1v) is 8.01. The Morgan fingerprint density at radius 1 is 1.15 bits per heavy atom. The zero-order valence-corrected chi connectivity index (χ0v) is 14.4. The van der Waals surface area contributed by atoms with Crippen molar-refractivity contribution in [1.29, 1.82) is 0 Å².